The topological polar surface area (TPSA) is 84.3 Å². The van der Waals surface area contributed by atoms with E-state index in [-0.39, 0.29) is 23.6 Å². The fourth-order valence-corrected chi connectivity index (χ4v) is 6.04. The summed E-state index contributed by atoms with van der Waals surface area (Å²) in [6.07, 6.45) is 2.43. The van der Waals surface area contributed by atoms with Crippen LogP contribution in [0, 0.1) is 0 Å². The molecule has 2 unspecified atom stereocenters. The Labute approximate surface area is 213 Å². The summed E-state index contributed by atoms with van der Waals surface area (Å²) in [5, 5.41) is 7.93. The van der Waals surface area contributed by atoms with E-state index in [1.54, 1.807) is 31.2 Å². The van der Waals surface area contributed by atoms with Crippen molar-refractivity contribution >= 4 is 15.9 Å². The maximum atomic E-state index is 13.2. The van der Waals surface area contributed by atoms with Crippen molar-refractivity contribution in [1.82, 2.24) is 20.0 Å². The van der Waals surface area contributed by atoms with Crippen LogP contribution in [-0.4, -0.2) is 48.0 Å². The first-order valence-electron chi connectivity index (χ1n) is 12.9. The molecule has 3 aromatic rings. The minimum atomic E-state index is -3.23. The van der Waals surface area contributed by atoms with Gasteiger partial charge < -0.3 is 10.2 Å². The smallest absolute Gasteiger partial charge is 0.317 e. The molecule has 36 heavy (non-hydrogen) atoms. The summed E-state index contributed by atoms with van der Waals surface area (Å²) in [5.41, 5.74) is 4.51. The molecule has 1 N–H and O–H groups in total. The van der Waals surface area contributed by atoms with E-state index < -0.39 is 9.84 Å². The standard InChI is InChI=1S/C28H34N4O3S/c1-3-32-27(16-26(30-32)22-12-13-22)25-19-31(18-24(25)21-8-6-5-7-9-21)28(33)29-17-20-10-14-23(15-11-20)36(34,35)4-2/h5-11,14-16,22,24-25H,3-4,12-13,17-19H2,1-2H3,(H,29,33). The predicted octanol–water partition coefficient (Wildman–Crippen LogP) is 4.67. The Balaban J connectivity index is 1.32. The van der Waals surface area contributed by atoms with Crippen LogP contribution in [0.2, 0.25) is 0 Å². The zero-order chi connectivity index (χ0) is 25.3. The number of likely N-dealkylation sites (tertiary alicyclic amines) is 1. The highest BCUT2D eigenvalue weighted by Crippen LogP contribution is 2.44. The first-order valence-corrected chi connectivity index (χ1v) is 14.5. The molecule has 1 saturated heterocycles. The number of amides is 2. The zero-order valence-corrected chi connectivity index (χ0v) is 21.7. The zero-order valence-electron chi connectivity index (χ0n) is 20.9. The van der Waals surface area contributed by atoms with E-state index in [0.717, 1.165) is 12.1 Å². The fourth-order valence-electron chi connectivity index (χ4n) is 5.16. The number of benzene rings is 2. The van der Waals surface area contributed by atoms with Crippen LogP contribution < -0.4 is 5.32 Å². The molecule has 2 aliphatic rings. The van der Waals surface area contributed by atoms with Crippen LogP contribution in [0.25, 0.3) is 0 Å². The highest BCUT2D eigenvalue weighted by Gasteiger charge is 2.40. The van der Waals surface area contributed by atoms with Crippen molar-refractivity contribution in [2.24, 2.45) is 0 Å². The van der Waals surface area contributed by atoms with Crippen LogP contribution in [0.3, 0.4) is 0 Å². The third-order valence-corrected chi connectivity index (χ3v) is 9.20. The highest BCUT2D eigenvalue weighted by atomic mass is 32.2. The lowest BCUT2D eigenvalue weighted by Crippen LogP contribution is -2.38. The Kier molecular flexibility index (Phi) is 6.88. The molecule has 1 aliphatic heterocycles. The average molecular weight is 507 g/mol. The summed E-state index contributed by atoms with van der Waals surface area (Å²) < 4.78 is 26.2. The molecule has 2 aromatic carbocycles. The monoisotopic (exact) mass is 506 g/mol. The van der Waals surface area contributed by atoms with Crippen LogP contribution in [0.1, 0.15) is 67.0 Å². The van der Waals surface area contributed by atoms with Gasteiger partial charge in [0.05, 0.1) is 16.3 Å². The minimum absolute atomic E-state index is 0.0703. The number of hydrogen-bond acceptors (Lipinski definition) is 4. The van der Waals surface area contributed by atoms with Gasteiger partial charge in [-0.3, -0.25) is 4.68 Å². The Morgan fingerprint density at radius 1 is 1.00 bits per heavy atom. The summed E-state index contributed by atoms with van der Waals surface area (Å²) >= 11 is 0. The molecule has 0 spiro atoms. The number of urea groups is 1. The summed E-state index contributed by atoms with van der Waals surface area (Å²) in [5.74, 6) is 1.04. The van der Waals surface area contributed by atoms with Crippen LogP contribution >= 0.6 is 0 Å². The molecular weight excluding hydrogens is 472 g/mol. The highest BCUT2D eigenvalue weighted by molar-refractivity contribution is 7.91. The van der Waals surface area contributed by atoms with Gasteiger partial charge in [0.1, 0.15) is 0 Å². The molecule has 2 heterocycles. The summed E-state index contributed by atoms with van der Waals surface area (Å²) in [7, 11) is -3.23. The van der Waals surface area contributed by atoms with Gasteiger partial charge in [0.15, 0.2) is 9.84 Å². The van der Waals surface area contributed by atoms with E-state index in [0.29, 0.717) is 30.4 Å². The average Bonchev–Trinajstić information content (AvgIpc) is 3.52. The van der Waals surface area contributed by atoms with Crippen LogP contribution in [0.4, 0.5) is 4.79 Å². The van der Waals surface area contributed by atoms with Crippen molar-refractivity contribution < 1.29 is 13.2 Å². The lowest BCUT2D eigenvalue weighted by molar-refractivity contribution is 0.207. The quantitative estimate of drug-likeness (QED) is 0.481. The molecular formula is C28H34N4O3S. The van der Waals surface area contributed by atoms with E-state index >= 15 is 0 Å². The predicted molar refractivity (Wildman–Crippen MR) is 140 cm³/mol. The number of carbonyl (C=O) groups is 1. The van der Waals surface area contributed by atoms with Gasteiger partial charge >= 0.3 is 6.03 Å². The molecule has 0 bridgehead atoms. The molecule has 2 fully saturated rings. The summed E-state index contributed by atoms with van der Waals surface area (Å²) in [6, 6.07) is 19.4. The summed E-state index contributed by atoms with van der Waals surface area (Å²) in [6.45, 7) is 6.20. The fraction of sp³-hybridized carbons (Fsp3) is 0.429. The van der Waals surface area contributed by atoms with E-state index in [9.17, 15) is 13.2 Å². The number of nitrogens with one attached hydrogen (secondary N) is 1. The molecule has 1 aliphatic carbocycles. The number of hydrogen-bond donors (Lipinski definition) is 1. The van der Waals surface area contributed by atoms with E-state index in [1.165, 1.54) is 29.8 Å². The van der Waals surface area contributed by atoms with Crippen molar-refractivity contribution in [2.75, 3.05) is 18.8 Å². The van der Waals surface area contributed by atoms with E-state index in [4.69, 9.17) is 5.10 Å². The number of sulfone groups is 1. The van der Waals surface area contributed by atoms with Crippen molar-refractivity contribution in [3.8, 4) is 0 Å². The van der Waals surface area contributed by atoms with Crippen molar-refractivity contribution in [2.45, 2.75) is 62.4 Å². The second-order valence-electron chi connectivity index (χ2n) is 9.82. The van der Waals surface area contributed by atoms with Crippen LogP contribution in [-0.2, 0) is 22.9 Å². The Hall–Kier alpha value is -3.13. The first kappa shape index (κ1) is 24.6. The third-order valence-electron chi connectivity index (χ3n) is 7.45. The molecule has 5 rings (SSSR count). The maximum absolute atomic E-state index is 13.2. The summed E-state index contributed by atoms with van der Waals surface area (Å²) in [4.78, 5) is 15.4. The largest absolute Gasteiger partial charge is 0.334 e. The van der Waals surface area contributed by atoms with E-state index in [1.807, 2.05) is 11.0 Å². The molecule has 2 atom stereocenters. The number of carbonyl (C=O) groups excluding carboxylic acids is 1. The minimum Gasteiger partial charge on any atom is -0.334 e. The van der Waals surface area contributed by atoms with Gasteiger partial charge in [0.2, 0.25) is 0 Å². The number of aryl methyl sites for hydroxylation is 1. The Morgan fingerprint density at radius 2 is 1.69 bits per heavy atom. The van der Waals surface area contributed by atoms with Gasteiger partial charge in [0, 0.05) is 49.6 Å². The lowest BCUT2D eigenvalue weighted by atomic mass is 9.86. The van der Waals surface area contributed by atoms with Gasteiger partial charge in [-0.2, -0.15) is 5.10 Å². The Morgan fingerprint density at radius 3 is 2.33 bits per heavy atom. The molecule has 1 aromatic heterocycles. The maximum Gasteiger partial charge on any atom is 0.317 e. The van der Waals surface area contributed by atoms with Crippen molar-refractivity contribution in [3.05, 3.63) is 83.2 Å². The number of nitrogens with zero attached hydrogens (tertiary/aromatic N) is 3. The number of aromatic nitrogens is 2. The van der Waals surface area contributed by atoms with Crippen molar-refractivity contribution in [3.63, 3.8) is 0 Å². The van der Waals surface area contributed by atoms with Gasteiger partial charge in [0.25, 0.3) is 0 Å². The molecule has 1 saturated carbocycles. The SMILES string of the molecule is CCn1nc(C2CC2)cc1C1CN(C(=O)NCc2ccc(S(=O)(=O)CC)cc2)CC1c1ccccc1. The van der Waals surface area contributed by atoms with Gasteiger partial charge in [-0.25, -0.2) is 13.2 Å². The third kappa shape index (κ3) is 5.05. The molecule has 0 radical (unpaired) electrons. The van der Waals surface area contributed by atoms with E-state index in [2.05, 4.69) is 47.3 Å². The van der Waals surface area contributed by atoms with Gasteiger partial charge in [-0.05, 0) is 49.1 Å². The van der Waals surface area contributed by atoms with Crippen LogP contribution in [0.15, 0.2) is 65.6 Å². The molecule has 7 nitrogen and oxygen atoms in total. The van der Waals surface area contributed by atoms with Crippen LogP contribution in [0.5, 0.6) is 0 Å². The lowest BCUT2D eigenvalue weighted by Gasteiger charge is -2.19. The first-order chi connectivity index (χ1) is 17.4. The van der Waals surface area contributed by atoms with Gasteiger partial charge in [-0.1, -0.05) is 49.4 Å². The number of rotatable bonds is 8. The normalized spacial score (nSPS) is 20.0. The molecule has 2 amide bonds. The van der Waals surface area contributed by atoms with Crippen molar-refractivity contribution in [1.29, 1.82) is 0 Å². The Bertz CT molecular complexity index is 1310. The molecule has 190 valence electrons. The van der Waals surface area contributed by atoms with Gasteiger partial charge in [-0.15, -0.1) is 0 Å². The second-order valence-corrected chi connectivity index (χ2v) is 12.1. The second kappa shape index (κ2) is 10.1. The molecule has 8 heteroatoms.